The van der Waals surface area contributed by atoms with Crippen LogP contribution >= 0.6 is 11.6 Å². The zero-order valence-electron chi connectivity index (χ0n) is 20.0. The second kappa shape index (κ2) is 8.53. The lowest BCUT2D eigenvalue weighted by atomic mass is 9.77. The van der Waals surface area contributed by atoms with Gasteiger partial charge in [0.1, 0.15) is 11.5 Å². The van der Waals surface area contributed by atoms with Crippen LogP contribution in [0.3, 0.4) is 0 Å². The number of hydrogen-bond acceptors (Lipinski definition) is 6. The number of hydrogen-bond donors (Lipinski definition) is 1. The van der Waals surface area contributed by atoms with Gasteiger partial charge in [0.2, 0.25) is 0 Å². The van der Waals surface area contributed by atoms with Gasteiger partial charge >= 0.3 is 0 Å². The van der Waals surface area contributed by atoms with Gasteiger partial charge in [-0.2, -0.15) is 0 Å². The number of carbonyl (C=O) groups excluding carboxylic acids is 1. The molecule has 3 fully saturated rings. The fraction of sp³-hybridized carbons (Fsp3) is 0.385. The highest BCUT2D eigenvalue weighted by atomic mass is 35.5. The fourth-order valence-corrected chi connectivity index (χ4v) is 5.43. The number of ether oxygens (including phenoxy) is 1. The Bertz CT molecular complexity index is 1520. The van der Waals surface area contributed by atoms with Crippen LogP contribution in [0.15, 0.2) is 42.9 Å². The van der Waals surface area contributed by atoms with Crippen molar-refractivity contribution in [3.05, 3.63) is 76.2 Å². The van der Waals surface area contributed by atoms with Crippen LogP contribution < -0.4 is 10.2 Å². The van der Waals surface area contributed by atoms with Crippen molar-refractivity contribution in [2.75, 3.05) is 31.2 Å². The number of amides is 1. The summed E-state index contributed by atoms with van der Waals surface area (Å²) in [7, 11) is 0. The predicted molar refractivity (Wildman–Crippen MR) is 134 cm³/mol. The third-order valence-corrected chi connectivity index (χ3v) is 7.77. The van der Waals surface area contributed by atoms with Gasteiger partial charge in [0.25, 0.3) is 5.91 Å². The summed E-state index contributed by atoms with van der Waals surface area (Å²) in [5.41, 5.74) is 4.45. The number of anilines is 1. The van der Waals surface area contributed by atoms with Crippen LogP contribution in [-0.4, -0.2) is 56.6 Å². The van der Waals surface area contributed by atoms with Crippen LogP contribution in [0.25, 0.3) is 5.65 Å². The summed E-state index contributed by atoms with van der Waals surface area (Å²) in [5.74, 6) is -0.290. The Morgan fingerprint density at radius 1 is 1.16 bits per heavy atom. The number of imidazole rings is 1. The third kappa shape index (κ3) is 4.14. The van der Waals surface area contributed by atoms with Crippen molar-refractivity contribution >= 4 is 28.8 Å². The summed E-state index contributed by atoms with van der Waals surface area (Å²) < 4.78 is 23.9. The molecule has 0 bridgehead atoms. The van der Waals surface area contributed by atoms with E-state index in [-0.39, 0.29) is 22.7 Å². The molecule has 1 aliphatic carbocycles. The number of fused-ring (bicyclic) bond motifs is 1. The van der Waals surface area contributed by atoms with Crippen LogP contribution in [0.4, 0.5) is 10.1 Å². The molecule has 0 unspecified atom stereocenters. The lowest BCUT2D eigenvalue weighted by Crippen LogP contribution is -2.66. The average Bonchev–Trinajstić information content (AvgIpc) is 3.45. The zero-order chi connectivity index (χ0) is 25.1. The summed E-state index contributed by atoms with van der Waals surface area (Å²) in [6.45, 7) is 3.44. The minimum absolute atomic E-state index is 0.0107. The van der Waals surface area contributed by atoms with E-state index in [9.17, 15) is 9.18 Å². The monoisotopic (exact) mass is 521 g/mol. The Hall–Kier alpha value is -3.50. The molecule has 7 rings (SSSR count). The first-order valence-corrected chi connectivity index (χ1v) is 12.8. The molecule has 3 aliphatic rings. The molecule has 1 N–H and O–H groups in total. The molecule has 3 aromatic heterocycles. The Balaban J connectivity index is 1.02. The van der Waals surface area contributed by atoms with E-state index in [1.807, 2.05) is 16.7 Å². The maximum absolute atomic E-state index is 15.0. The van der Waals surface area contributed by atoms with Crippen molar-refractivity contribution in [3.8, 4) is 0 Å². The molecule has 1 aromatic carbocycles. The van der Waals surface area contributed by atoms with E-state index < -0.39 is 11.7 Å². The summed E-state index contributed by atoms with van der Waals surface area (Å²) in [6, 6.07) is 7.52. The molecular weight excluding hydrogens is 497 g/mol. The molecule has 5 heterocycles. The van der Waals surface area contributed by atoms with Crippen molar-refractivity contribution in [2.24, 2.45) is 5.41 Å². The lowest BCUT2D eigenvalue weighted by molar-refractivity contribution is -0.127. The number of halogens is 2. The van der Waals surface area contributed by atoms with Crippen molar-refractivity contribution < 1.29 is 13.9 Å². The number of rotatable bonds is 7. The van der Waals surface area contributed by atoms with Crippen LogP contribution in [-0.2, 0) is 17.8 Å². The minimum atomic E-state index is -0.523. The zero-order valence-corrected chi connectivity index (χ0v) is 20.8. The number of pyridine rings is 1. The quantitative estimate of drug-likeness (QED) is 0.401. The Kier molecular flexibility index (Phi) is 5.23. The van der Waals surface area contributed by atoms with Crippen molar-refractivity contribution in [1.82, 2.24) is 29.7 Å². The minimum Gasteiger partial charge on any atom is -0.380 e. The van der Waals surface area contributed by atoms with Gasteiger partial charge in [0.05, 0.1) is 42.1 Å². The van der Waals surface area contributed by atoms with Gasteiger partial charge in [-0.1, -0.05) is 22.9 Å². The molecule has 11 heteroatoms. The van der Waals surface area contributed by atoms with E-state index in [1.54, 1.807) is 23.0 Å². The smallest absolute Gasteiger partial charge is 0.273 e. The van der Waals surface area contributed by atoms with Crippen LogP contribution in [0, 0.1) is 11.2 Å². The molecule has 2 aliphatic heterocycles. The molecule has 0 atom stereocenters. The highest BCUT2D eigenvalue weighted by Crippen LogP contribution is 2.42. The van der Waals surface area contributed by atoms with Crippen molar-refractivity contribution in [3.63, 3.8) is 0 Å². The Morgan fingerprint density at radius 3 is 2.76 bits per heavy atom. The van der Waals surface area contributed by atoms with Gasteiger partial charge in [-0.3, -0.25) is 4.79 Å². The predicted octanol–water partition coefficient (Wildman–Crippen LogP) is 3.41. The Labute approximate surface area is 217 Å². The topological polar surface area (TPSA) is 89.6 Å². The first kappa shape index (κ1) is 22.7. The molecule has 2 saturated heterocycles. The number of aromatic nitrogens is 5. The van der Waals surface area contributed by atoms with Crippen LogP contribution in [0.1, 0.15) is 46.1 Å². The van der Waals surface area contributed by atoms with Gasteiger partial charge in [0.15, 0.2) is 5.69 Å². The Morgan fingerprint density at radius 2 is 2.00 bits per heavy atom. The standard InChI is InChI=1S/C26H25ClFN7O2/c27-20-4-5-22(34-12-26(13-34)14-37-15-26)19(24(20)28)7-29-25(36)21-11-35(32-31-21)10-18-9-33-8-17(16-1-2-16)3-6-23(33)30-18/h3-6,8-9,11,16H,1-2,7,10,12-15H2,(H,29,36). The van der Waals surface area contributed by atoms with Crippen LogP contribution in [0.2, 0.25) is 5.02 Å². The van der Waals surface area contributed by atoms with Gasteiger partial charge < -0.3 is 19.4 Å². The molecule has 190 valence electrons. The highest BCUT2D eigenvalue weighted by molar-refractivity contribution is 6.30. The largest absolute Gasteiger partial charge is 0.380 e. The molecule has 1 saturated carbocycles. The fourth-order valence-electron chi connectivity index (χ4n) is 5.25. The van der Waals surface area contributed by atoms with Gasteiger partial charge in [-0.05, 0) is 42.5 Å². The molecule has 37 heavy (non-hydrogen) atoms. The molecule has 0 radical (unpaired) electrons. The number of nitrogens with zero attached hydrogens (tertiary/aromatic N) is 6. The second-order valence-corrected chi connectivity index (χ2v) is 10.8. The lowest BCUT2D eigenvalue weighted by Gasteiger charge is -2.56. The number of carbonyl (C=O) groups is 1. The molecule has 1 amide bonds. The second-order valence-electron chi connectivity index (χ2n) is 10.4. The van der Waals surface area contributed by atoms with E-state index in [1.165, 1.54) is 18.4 Å². The maximum Gasteiger partial charge on any atom is 0.273 e. The molecule has 9 nitrogen and oxygen atoms in total. The molecule has 4 aromatic rings. The van der Waals surface area contributed by atoms with Crippen molar-refractivity contribution in [1.29, 1.82) is 0 Å². The number of nitrogens with one attached hydrogen (secondary N) is 1. The summed E-state index contributed by atoms with van der Waals surface area (Å²) in [5, 5.41) is 10.9. The summed E-state index contributed by atoms with van der Waals surface area (Å²) in [4.78, 5) is 19.6. The summed E-state index contributed by atoms with van der Waals surface area (Å²) >= 11 is 6.06. The van der Waals surface area contributed by atoms with E-state index in [0.717, 1.165) is 43.3 Å². The maximum atomic E-state index is 15.0. The normalized spacial score (nSPS) is 18.2. The van der Waals surface area contributed by atoms with Gasteiger partial charge in [-0.25, -0.2) is 14.1 Å². The van der Waals surface area contributed by atoms with E-state index in [4.69, 9.17) is 16.3 Å². The highest BCUT2D eigenvalue weighted by Gasteiger charge is 2.49. The average molecular weight is 522 g/mol. The van der Waals surface area contributed by atoms with E-state index in [2.05, 4.69) is 37.8 Å². The summed E-state index contributed by atoms with van der Waals surface area (Å²) in [6.07, 6.45) is 8.17. The third-order valence-electron chi connectivity index (χ3n) is 7.47. The first-order valence-electron chi connectivity index (χ1n) is 12.4. The van der Waals surface area contributed by atoms with Gasteiger partial charge in [-0.15, -0.1) is 5.10 Å². The van der Waals surface area contributed by atoms with E-state index in [0.29, 0.717) is 18.0 Å². The first-order chi connectivity index (χ1) is 18.0. The molecule has 1 spiro atoms. The number of benzene rings is 1. The SMILES string of the molecule is O=C(NCc1c(N2CC3(COC3)C2)ccc(Cl)c1F)c1cn(Cc2cn3cc(C4CC4)ccc3n2)nn1. The van der Waals surface area contributed by atoms with Gasteiger partial charge in [0, 0.05) is 43.3 Å². The van der Waals surface area contributed by atoms with E-state index >= 15 is 0 Å². The van der Waals surface area contributed by atoms with Crippen molar-refractivity contribution in [2.45, 2.75) is 31.8 Å². The van der Waals surface area contributed by atoms with Crippen LogP contribution in [0.5, 0.6) is 0 Å². The molecular formula is C26H25ClFN7O2.